The number of nitrogens with one attached hydrogen (secondary N) is 2. The van der Waals surface area contributed by atoms with E-state index in [-0.39, 0.29) is 42.3 Å². The van der Waals surface area contributed by atoms with Gasteiger partial charge in [0.05, 0.1) is 12.1 Å². The summed E-state index contributed by atoms with van der Waals surface area (Å²) >= 11 is 1.12. The minimum Gasteiger partial charge on any atom is -0.480 e. The predicted octanol–water partition coefficient (Wildman–Crippen LogP) is 3.83. The third-order valence-electron chi connectivity index (χ3n) is 9.78. The number of aliphatic hydroxyl groups is 1. The fourth-order valence-electron chi connectivity index (χ4n) is 6.62. The van der Waals surface area contributed by atoms with Crippen LogP contribution in [0.5, 0.6) is 0 Å². The number of benzene rings is 1. The number of hydrogen-bond acceptors (Lipinski definition) is 11. The van der Waals surface area contributed by atoms with E-state index in [2.05, 4.69) is 20.5 Å². The van der Waals surface area contributed by atoms with Crippen molar-refractivity contribution in [1.82, 2.24) is 25.4 Å². The van der Waals surface area contributed by atoms with Crippen LogP contribution in [-0.2, 0) is 25.5 Å². The number of nitrogens with zero attached hydrogens (tertiary/aromatic N) is 3. The molecule has 2 amide bonds. The number of rotatable bonds is 17. The van der Waals surface area contributed by atoms with Gasteiger partial charge in [0.1, 0.15) is 22.5 Å². The molecule has 0 bridgehead atoms. The number of nitrogens with two attached hydrogens (primary N) is 1. The van der Waals surface area contributed by atoms with Crippen LogP contribution in [0.15, 0.2) is 29.6 Å². The molecule has 2 heterocycles. The zero-order valence-corrected chi connectivity index (χ0v) is 31.5. The molecule has 13 nitrogen and oxygen atoms in total. The lowest BCUT2D eigenvalue weighted by atomic mass is 9.89. The molecule has 2 aromatic rings. The topological polar surface area (TPSA) is 187 Å². The maximum atomic E-state index is 14.3. The van der Waals surface area contributed by atoms with Crippen LogP contribution in [0.3, 0.4) is 0 Å². The molecular weight excluding hydrogens is 660 g/mol. The Bertz CT molecular complexity index is 1450. The largest absolute Gasteiger partial charge is 0.480 e. The molecule has 1 aliphatic heterocycles. The van der Waals surface area contributed by atoms with Crippen molar-refractivity contribution < 1.29 is 34.1 Å². The highest BCUT2D eigenvalue weighted by Crippen LogP contribution is 2.32. The number of likely N-dealkylation sites (N-methyl/N-ethyl adjacent to an activating group) is 2. The average Bonchev–Trinajstić information content (AvgIpc) is 3.55. The molecule has 6 N–H and O–H groups in total. The Morgan fingerprint density at radius 2 is 1.84 bits per heavy atom. The second-order valence-corrected chi connectivity index (χ2v) is 15.0. The molecule has 1 aliphatic rings. The number of amides is 2. The van der Waals surface area contributed by atoms with E-state index in [1.165, 1.54) is 12.3 Å². The van der Waals surface area contributed by atoms with Gasteiger partial charge in [-0.05, 0) is 62.9 Å². The Hall–Kier alpha value is -3.59. The summed E-state index contributed by atoms with van der Waals surface area (Å²) in [6, 6.07) is 4.30. The first kappa shape index (κ1) is 40.8. The van der Waals surface area contributed by atoms with Gasteiger partial charge in [0, 0.05) is 43.9 Å². The van der Waals surface area contributed by atoms with Crippen LogP contribution < -0.4 is 16.4 Å². The number of hydrogen-bond donors (Lipinski definition) is 5. The number of carboxylic acid groups (broad SMARTS) is 1. The van der Waals surface area contributed by atoms with Gasteiger partial charge in [0.2, 0.25) is 5.91 Å². The second kappa shape index (κ2) is 18.1. The molecule has 7 atom stereocenters. The fourth-order valence-corrected chi connectivity index (χ4v) is 7.46. The smallest absolute Gasteiger partial charge is 0.326 e. The molecule has 14 heteroatoms. The maximum absolute atomic E-state index is 14.3. The molecule has 3 rings (SSSR count). The molecule has 0 aliphatic carbocycles. The number of piperidine rings is 1. The van der Waals surface area contributed by atoms with Gasteiger partial charge >= 0.3 is 11.9 Å². The zero-order chi connectivity index (χ0) is 37.3. The van der Waals surface area contributed by atoms with Crippen LogP contribution in [0.2, 0.25) is 0 Å². The molecule has 1 aromatic carbocycles. The minimum atomic E-state index is -1.31. The Labute approximate surface area is 300 Å². The van der Waals surface area contributed by atoms with Crippen molar-refractivity contribution in [1.29, 1.82) is 0 Å². The van der Waals surface area contributed by atoms with Crippen LogP contribution in [0, 0.1) is 11.8 Å². The van der Waals surface area contributed by atoms with Crippen molar-refractivity contribution in [2.45, 2.75) is 116 Å². The van der Waals surface area contributed by atoms with Crippen molar-refractivity contribution in [2.24, 2.45) is 11.8 Å². The summed E-state index contributed by atoms with van der Waals surface area (Å²) in [5.74, 6) is -2.75. The van der Waals surface area contributed by atoms with Crippen molar-refractivity contribution in [2.75, 3.05) is 26.4 Å². The molecule has 278 valence electrons. The summed E-state index contributed by atoms with van der Waals surface area (Å²) in [6.45, 7) is 11.9. The number of aliphatic carboxylic acids is 1. The zero-order valence-electron chi connectivity index (χ0n) is 30.6. The fraction of sp³-hybridized carbons (Fsp3) is 0.639. The quantitative estimate of drug-likeness (QED) is 0.0910. The van der Waals surface area contributed by atoms with Crippen molar-refractivity contribution in [3.05, 3.63) is 45.9 Å². The number of esters is 1. The lowest BCUT2D eigenvalue weighted by Crippen LogP contribution is -2.65. The number of ether oxygens (including phenoxy) is 1. The SMILES string of the molecule is CC[C@H](C)[C@H](NC(C)(O)[C@H]1CCCCN1C)C(=O)N(C)[C@H](C[C@@H](OC(C)=O)c1nc(C(=O)N[C@@H](Cc2ccc(N)cc2)C(=O)O)cs1)C(C)C. The minimum absolute atomic E-state index is 0.00724. The van der Waals surface area contributed by atoms with Gasteiger partial charge in [-0.15, -0.1) is 11.3 Å². The van der Waals surface area contributed by atoms with E-state index in [1.54, 1.807) is 43.1 Å². The van der Waals surface area contributed by atoms with Crippen LogP contribution in [0.1, 0.15) is 101 Å². The highest BCUT2D eigenvalue weighted by Gasteiger charge is 2.42. The highest BCUT2D eigenvalue weighted by molar-refractivity contribution is 7.09. The number of nitrogen functional groups attached to an aromatic ring is 1. The van der Waals surface area contributed by atoms with Gasteiger partial charge in [-0.25, -0.2) is 9.78 Å². The third kappa shape index (κ3) is 11.0. The summed E-state index contributed by atoms with van der Waals surface area (Å²) in [4.78, 5) is 60.0. The van der Waals surface area contributed by atoms with Crippen molar-refractivity contribution in [3.8, 4) is 0 Å². The molecule has 50 heavy (non-hydrogen) atoms. The van der Waals surface area contributed by atoms with Crippen LogP contribution in [-0.4, -0.2) is 99.3 Å². The molecule has 0 radical (unpaired) electrons. The van der Waals surface area contributed by atoms with E-state index >= 15 is 0 Å². The summed E-state index contributed by atoms with van der Waals surface area (Å²) < 4.78 is 5.72. The Morgan fingerprint density at radius 3 is 2.40 bits per heavy atom. The highest BCUT2D eigenvalue weighted by atomic mass is 32.1. The van der Waals surface area contributed by atoms with Crippen LogP contribution in [0.4, 0.5) is 5.69 Å². The number of thiazole rings is 1. The summed E-state index contributed by atoms with van der Waals surface area (Å²) in [5.41, 5.74) is 5.65. The van der Waals surface area contributed by atoms with Gasteiger partial charge in [0.25, 0.3) is 5.91 Å². The van der Waals surface area contributed by atoms with Gasteiger partial charge in [-0.3, -0.25) is 24.6 Å². The molecule has 1 saturated heterocycles. The van der Waals surface area contributed by atoms with E-state index in [0.29, 0.717) is 22.7 Å². The summed E-state index contributed by atoms with van der Waals surface area (Å²) in [6.07, 6.45) is 2.98. The van der Waals surface area contributed by atoms with E-state index in [1.807, 2.05) is 34.7 Å². The average molecular weight is 717 g/mol. The van der Waals surface area contributed by atoms with Gasteiger partial charge in [-0.1, -0.05) is 52.7 Å². The lowest BCUT2D eigenvalue weighted by Gasteiger charge is -2.45. The van der Waals surface area contributed by atoms with E-state index in [0.717, 1.165) is 37.1 Å². The third-order valence-corrected chi connectivity index (χ3v) is 10.7. The van der Waals surface area contributed by atoms with E-state index in [4.69, 9.17) is 10.5 Å². The standard InChI is InChI=1S/C36H56N6O7S/c1-9-22(4)31(40-36(6,48)30-12-10-11-17-41(30)7)34(45)42(8)28(21(2)3)19-29(49-23(5)43)33-39-27(20-50-33)32(44)38-26(35(46)47)18-24-13-15-25(37)16-14-24/h13-16,20-22,26,28-31,40,48H,9-12,17-19,37H2,1-8H3,(H,38,44)(H,46,47)/t22-,26-,28+,29+,30+,31-,36?/m0/s1. The number of carbonyl (C=O) groups excluding carboxylic acids is 3. The number of anilines is 1. The van der Waals surface area contributed by atoms with Gasteiger partial charge in [-0.2, -0.15) is 0 Å². The number of carboxylic acids is 1. The first-order chi connectivity index (χ1) is 23.4. The Kier molecular flexibility index (Phi) is 14.8. The monoisotopic (exact) mass is 716 g/mol. The van der Waals surface area contributed by atoms with Gasteiger partial charge < -0.3 is 30.9 Å². The van der Waals surface area contributed by atoms with E-state index in [9.17, 15) is 29.4 Å². The summed E-state index contributed by atoms with van der Waals surface area (Å²) in [5, 5.41) is 29.2. The van der Waals surface area contributed by atoms with E-state index < -0.39 is 47.8 Å². The molecule has 0 spiro atoms. The van der Waals surface area contributed by atoms with Crippen molar-refractivity contribution in [3.63, 3.8) is 0 Å². The lowest BCUT2D eigenvalue weighted by molar-refractivity contribution is -0.149. The Morgan fingerprint density at radius 1 is 1.18 bits per heavy atom. The normalized spacial score (nSPS) is 19.4. The first-order valence-electron chi connectivity index (χ1n) is 17.4. The van der Waals surface area contributed by atoms with Gasteiger partial charge in [0.15, 0.2) is 6.10 Å². The first-order valence-corrected chi connectivity index (χ1v) is 18.3. The van der Waals surface area contributed by atoms with Crippen LogP contribution >= 0.6 is 11.3 Å². The van der Waals surface area contributed by atoms with Crippen LogP contribution in [0.25, 0.3) is 0 Å². The molecule has 1 aromatic heterocycles. The predicted molar refractivity (Wildman–Crippen MR) is 193 cm³/mol. The van der Waals surface area contributed by atoms with Crippen molar-refractivity contribution >= 4 is 40.8 Å². The summed E-state index contributed by atoms with van der Waals surface area (Å²) in [7, 11) is 3.72. The Balaban J connectivity index is 1.81. The molecule has 0 saturated carbocycles. The molecule has 1 fully saturated rings. The second-order valence-electron chi connectivity index (χ2n) is 14.1. The number of carbonyl (C=O) groups is 4. The maximum Gasteiger partial charge on any atom is 0.326 e. The molecule has 1 unspecified atom stereocenters. The number of aromatic nitrogens is 1. The number of likely N-dealkylation sites (tertiary alicyclic amines) is 1. The molecular formula is C36H56N6O7S.